The molecule has 2 aromatic heterocycles. The third-order valence-corrected chi connectivity index (χ3v) is 11.5. The lowest BCUT2D eigenvalue weighted by atomic mass is 9.85. The van der Waals surface area contributed by atoms with Gasteiger partial charge in [-0.3, -0.25) is 0 Å². The largest absolute Gasteiger partial charge is 0.506 e. The summed E-state index contributed by atoms with van der Waals surface area (Å²) in [6, 6.07) is 33.3. The van der Waals surface area contributed by atoms with Crippen molar-refractivity contribution in [3.8, 4) is 33.8 Å². The first-order valence-corrected chi connectivity index (χ1v) is 20.3. The van der Waals surface area contributed by atoms with Crippen LogP contribution in [0.3, 0.4) is 0 Å². The molecule has 0 atom stereocenters. The number of phenolic OH excluding ortho intramolecular Hbond substituents is 2. The van der Waals surface area contributed by atoms with Gasteiger partial charge in [0, 0.05) is 12.4 Å². The summed E-state index contributed by atoms with van der Waals surface area (Å²) in [5.74, 6) is 3.38. The van der Waals surface area contributed by atoms with E-state index in [1.54, 1.807) is 0 Å². The molecule has 8 rings (SSSR count). The number of aromatic nitrogens is 2. The number of pyridine rings is 2. The smallest absolute Gasteiger partial charge is 0.158 e. The van der Waals surface area contributed by atoms with Crippen LogP contribution in [0.2, 0.25) is 0 Å². The van der Waals surface area contributed by atoms with E-state index < -0.39 is 0 Å². The minimum Gasteiger partial charge on any atom is -0.506 e. The van der Waals surface area contributed by atoms with E-state index >= 15 is 0 Å². The van der Waals surface area contributed by atoms with Gasteiger partial charge in [0.1, 0.15) is 11.5 Å². The highest BCUT2D eigenvalue weighted by Crippen LogP contribution is 2.48. The summed E-state index contributed by atoms with van der Waals surface area (Å²) in [6.45, 7) is 19.4. The van der Waals surface area contributed by atoms with E-state index in [0.717, 1.165) is 45.5 Å². The predicted molar refractivity (Wildman–Crippen MR) is 236 cm³/mol. The number of benzene rings is 4. The van der Waals surface area contributed by atoms with Crippen LogP contribution in [0.4, 0.5) is 34.4 Å². The van der Waals surface area contributed by atoms with E-state index in [2.05, 4.69) is 136 Å². The van der Waals surface area contributed by atoms with Gasteiger partial charge in [-0.2, -0.15) is 0 Å². The predicted octanol–water partition coefficient (Wildman–Crippen LogP) is 12.2. The van der Waals surface area contributed by atoms with Crippen LogP contribution >= 0.6 is 0 Å². The lowest BCUT2D eigenvalue weighted by Gasteiger charge is -2.29. The van der Waals surface area contributed by atoms with Gasteiger partial charge in [-0.15, -0.1) is 0 Å². The molecule has 0 saturated heterocycles. The molecule has 0 radical (unpaired) electrons. The van der Waals surface area contributed by atoms with E-state index in [0.29, 0.717) is 43.7 Å². The van der Waals surface area contributed by atoms with E-state index in [-0.39, 0.29) is 11.5 Å². The van der Waals surface area contributed by atoms with Gasteiger partial charge in [0.15, 0.2) is 11.6 Å². The second kappa shape index (κ2) is 15.1. The second-order valence-electron chi connectivity index (χ2n) is 16.7. The first kappa shape index (κ1) is 37.9. The summed E-state index contributed by atoms with van der Waals surface area (Å²) in [6.07, 6.45) is 3.63. The van der Waals surface area contributed by atoms with Crippen molar-refractivity contribution in [2.45, 2.75) is 79.1 Å². The van der Waals surface area contributed by atoms with Gasteiger partial charge in [0.25, 0.3) is 0 Å². The van der Waals surface area contributed by atoms with Crippen molar-refractivity contribution in [3.05, 3.63) is 132 Å². The molecule has 0 saturated carbocycles. The van der Waals surface area contributed by atoms with E-state index in [4.69, 9.17) is 9.97 Å². The Hall–Kier alpha value is -6.02. The van der Waals surface area contributed by atoms with Gasteiger partial charge in [0.2, 0.25) is 0 Å². The fourth-order valence-electron chi connectivity index (χ4n) is 8.70. The molecule has 0 bridgehead atoms. The molecule has 292 valence electrons. The maximum atomic E-state index is 11.5. The molecular weight excluding hydrogens is 705 g/mol. The number of hydrogen-bond donors (Lipinski definition) is 2. The number of fused-ring (bicyclic) bond motifs is 2. The summed E-state index contributed by atoms with van der Waals surface area (Å²) in [7, 11) is 0. The number of hydrogen-bond acceptors (Lipinski definition) is 8. The average molecular weight is 759 g/mol. The van der Waals surface area contributed by atoms with Gasteiger partial charge < -0.3 is 29.8 Å². The molecular formula is C49H54N6O2. The third-order valence-electron chi connectivity index (χ3n) is 11.5. The molecule has 0 spiro atoms. The van der Waals surface area contributed by atoms with Crippen LogP contribution < -0.4 is 19.6 Å². The van der Waals surface area contributed by atoms with Crippen molar-refractivity contribution < 1.29 is 10.2 Å². The summed E-state index contributed by atoms with van der Waals surface area (Å²) < 4.78 is 0. The number of anilines is 6. The highest BCUT2D eigenvalue weighted by molar-refractivity contribution is 5.88. The maximum absolute atomic E-state index is 11.5. The molecule has 8 nitrogen and oxygen atoms in total. The maximum Gasteiger partial charge on any atom is 0.158 e. The van der Waals surface area contributed by atoms with Gasteiger partial charge in [-0.1, -0.05) is 104 Å². The highest BCUT2D eigenvalue weighted by atomic mass is 16.3. The zero-order valence-electron chi connectivity index (χ0n) is 34.4. The Kier molecular flexibility index (Phi) is 10.1. The number of aromatic hydroxyl groups is 2. The normalized spacial score (nSPS) is 13.8. The van der Waals surface area contributed by atoms with Crippen molar-refractivity contribution in [2.24, 2.45) is 0 Å². The quantitative estimate of drug-likeness (QED) is 0.143. The molecule has 0 unspecified atom stereocenters. The minimum absolute atomic E-state index is 0.210. The van der Waals surface area contributed by atoms with Crippen LogP contribution in [0.5, 0.6) is 11.5 Å². The van der Waals surface area contributed by atoms with Crippen molar-refractivity contribution in [2.75, 3.05) is 39.6 Å². The fourth-order valence-corrected chi connectivity index (χ4v) is 8.70. The first-order valence-electron chi connectivity index (χ1n) is 20.3. The lowest BCUT2D eigenvalue weighted by molar-refractivity contribution is 0.475. The Morgan fingerprint density at radius 2 is 0.842 bits per heavy atom. The molecule has 8 heteroatoms. The summed E-state index contributed by atoms with van der Waals surface area (Å²) in [5, 5.41) is 22.9. The molecule has 4 heterocycles. The SMILES string of the molecule is CC(C)c1cccc(C(C)C)c1-c1ccc(O)c(N2CN(CN3CN(c4cc(-c5c(C(C)C)cccc5C(C)C)ccc4O)c4ncccc43)c3cccnc32)c1. The molecule has 0 amide bonds. The summed E-state index contributed by atoms with van der Waals surface area (Å²) in [4.78, 5) is 18.6. The van der Waals surface area contributed by atoms with Gasteiger partial charge in [-0.05, 0) is 117 Å². The topological polar surface area (TPSA) is 79.2 Å². The molecule has 0 fully saturated rings. The Morgan fingerprint density at radius 1 is 0.474 bits per heavy atom. The van der Waals surface area contributed by atoms with Crippen LogP contribution in [0.15, 0.2) is 109 Å². The van der Waals surface area contributed by atoms with Crippen molar-refractivity contribution in [1.29, 1.82) is 0 Å². The van der Waals surface area contributed by atoms with Crippen molar-refractivity contribution in [3.63, 3.8) is 0 Å². The van der Waals surface area contributed by atoms with Gasteiger partial charge in [-0.25, -0.2) is 9.97 Å². The minimum atomic E-state index is 0.210. The molecule has 57 heavy (non-hydrogen) atoms. The van der Waals surface area contributed by atoms with E-state index in [1.807, 2.05) is 48.8 Å². The van der Waals surface area contributed by atoms with Crippen LogP contribution in [-0.2, 0) is 0 Å². The zero-order chi connectivity index (χ0) is 40.1. The molecule has 0 aliphatic carbocycles. The molecule has 6 aromatic rings. The Bertz CT molecular complexity index is 2220. The average Bonchev–Trinajstić information content (AvgIpc) is 3.76. The molecule has 2 N–H and O–H groups in total. The van der Waals surface area contributed by atoms with Crippen LogP contribution in [-0.4, -0.2) is 40.2 Å². The first-order chi connectivity index (χ1) is 27.4. The Morgan fingerprint density at radius 3 is 1.19 bits per heavy atom. The van der Waals surface area contributed by atoms with Crippen LogP contribution in [0.1, 0.15) is 101 Å². The number of phenols is 2. The summed E-state index contributed by atoms with van der Waals surface area (Å²) >= 11 is 0. The second-order valence-corrected chi connectivity index (χ2v) is 16.7. The zero-order valence-corrected chi connectivity index (χ0v) is 34.4. The highest BCUT2D eigenvalue weighted by Gasteiger charge is 2.36. The number of rotatable bonds is 10. The summed E-state index contributed by atoms with van der Waals surface area (Å²) in [5.41, 5.74) is 13.2. The van der Waals surface area contributed by atoms with Crippen molar-refractivity contribution in [1.82, 2.24) is 9.97 Å². The Labute approximate surface area is 337 Å². The van der Waals surface area contributed by atoms with Crippen LogP contribution in [0, 0.1) is 0 Å². The molecule has 4 aromatic carbocycles. The molecule has 2 aliphatic heterocycles. The van der Waals surface area contributed by atoms with E-state index in [9.17, 15) is 10.2 Å². The van der Waals surface area contributed by atoms with Crippen LogP contribution in [0.25, 0.3) is 22.3 Å². The Balaban J connectivity index is 1.14. The number of nitrogens with zero attached hydrogens (tertiary/aromatic N) is 6. The van der Waals surface area contributed by atoms with Crippen molar-refractivity contribution >= 4 is 34.4 Å². The standard InChI is InChI=1S/C49H54N6O2/c1-30(2)36-13-9-14-37(31(3)4)46(36)34-19-21-44(56)42(25-34)54-28-52(40-17-11-23-50-48(40)54)27-53-29-55(49-41(53)18-12-24-51-49)43-26-35(20-22-45(43)57)47-38(32(5)6)15-10-16-39(47)33(7)8/h9-26,30-33,56-57H,27-29H2,1-8H3. The lowest BCUT2D eigenvalue weighted by Crippen LogP contribution is -2.40. The van der Waals surface area contributed by atoms with E-state index in [1.165, 1.54) is 33.4 Å². The third kappa shape index (κ3) is 6.81. The molecule has 2 aliphatic rings. The monoisotopic (exact) mass is 758 g/mol. The van der Waals surface area contributed by atoms with Gasteiger partial charge >= 0.3 is 0 Å². The van der Waals surface area contributed by atoms with Gasteiger partial charge in [0.05, 0.1) is 42.8 Å². The fraction of sp³-hybridized carbons (Fsp3) is 0.306.